The highest BCUT2D eigenvalue weighted by atomic mass is 32.2. The summed E-state index contributed by atoms with van der Waals surface area (Å²) in [4.78, 5) is 12.7. The maximum atomic E-state index is 12.7. The maximum Gasteiger partial charge on any atom is 0.251 e. The molecular weight excluding hydrogens is 352 g/mol. The van der Waals surface area contributed by atoms with Crippen molar-refractivity contribution < 1.29 is 17.9 Å². The zero-order valence-corrected chi connectivity index (χ0v) is 15.8. The van der Waals surface area contributed by atoms with Crippen LogP contribution >= 0.6 is 0 Å². The molecule has 2 aromatic rings. The molecule has 0 spiro atoms. The van der Waals surface area contributed by atoms with Crippen molar-refractivity contribution in [3.63, 3.8) is 0 Å². The van der Waals surface area contributed by atoms with Crippen LogP contribution in [0.1, 0.15) is 42.2 Å². The third-order valence-corrected chi connectivity index (χ3v) is 4.72. The molecule has 0 radical (unpaired) electrons. The average molecular weight is 374 g/mol. The number of para-hydroxylation sites is 1. The largest absolute Gasteiger partial charge is 0.487 e. The van der Waals surface area contributed by atoms with Crippen LogP contribution in [0.3, 0.4) is 0 Å². The quantitative estimate of drug-likeness (QED) is 0.861. The van der Waals surface area contributed by atoms with Crippen LogP contribution < -0.4 is 14.8 Å². The number of carbonyl (C=O) groups excluding carboxylic acids is 1. The van der Waals surface area contributed by atoms with E-state index in [1.165, 1.54) is 6.07 Å². The average Bonchev–Trinajstić information content (AvgIpc) is 2.52. The second-order valence-corrected chi connectivity index (χ2v) is 8.83. The van der Waals surface area contributed by atoms with Gasteiger partial charge in [0.2, 0.25) is 10.0 Å². The minimum atomic E-state index is -3.40. The highest BCUT2D eigenvalue weighted by Crippen LogP contribution is 2.39. The topological polar surface area (TPSA) is 84.5 Å². The summed E-state index contributed by atoms with van der Waals surface area (Å²) in [5, 5.41) is 3.04. The van der Waals surface area contributed by atoms with Gasteiger partial charge >= 0.3 is 0 Å². The van der Waals surface area contributed by atoms with Crippen molar-refractivity contribution in [2.45, 2.75) is 31.9 Å². The number of anilines is 1. The lowest BCUT2D eigenvalue weighted by Gasteiger charge is -2.37. The summed E-state index contributed by atoms with van der Waals surface area (Å²) in [6, 6.07) is 13.9. The SMILES string of the molecule is CC1(C)CC(NC(=O)c2cccc(NS(C)(=O)=O)c2)c2ccccc2O1. The maximum absolute atomic E-state index is 12.7. The number of ether oxygens (including phenoxy) is 1. The van der Waals surface area contributed by atoms with Gasteiger partial charge in [-0.15, -0.1) is 0 Å². The molecule has 0 aliphatic carbocycles. The Morgan fingerprint density at radius 3 is 2.62 bits per heavy atom. The highest BCUT2D eigenvalue weighted by molar-refractivity contribution is 7.92. The second-order valence-electron chi connectivity index (χ2n) is 7.08. The van der Waals surface area contributed by atoms with E-state index in [9.17, 15) is 13.2 Å². The van der Waals surface area contributed by atoms with E-state index in [1.54, 1.807) is 18.2 Å². The molecule has 1 aliphatic rings. The number of hydrogen-bond acceptors (Lipinski definition) is 4. The second kappa shape index (κ2) is 6.64. The molecule has 7 heteroatoms. The van der Waals surface area contributed by atoms with Crippen LogP contribution in [-0.4, -0.2) is 26.2 Å². The van der Waals surface area contributed by atoms with Crippen molar-refractivity contribution in [3.05, 3.63) is 59.7 Å². The van der Waals surface area contributed by atoms with Gasteiger partial charge in [-0.2, -0.15) is 0 Å². The molecule has 0 saturated heterocycles. The number of amides is 1. The summed E-state index contributed by atoms with van der Waals surface area (Å²) in [7, 11) is -3.40. The van der Waals surface area contributed by atoms with E-state index in [2.05, 4.69) is 10.0 Å². The lowest BCUT2D eigenvalue weighted by Crippen LogP contribution is -2.41. The van der Waals surface area contributed by atoms with Gasteiger partial charge in [-0.25, -0.2) is 8.42 Å². The van der Waals surface area contributed by atoms with E-state index in [1.807, 2.05) is 38.1 Å². The van der Waals surface area contributed by atoms with Gasteiger partial charge in [0.05, 0.1) is 12.3 Å². The van der Waals surface area contributed by atoms with Crippen LogP contribution in [0.15, 0.2) is 48.5 Å². The minimum Gasteiger partial charge on any atom is -0.487 e. The first-order chi connectivity index (χ1) is 12.1. The number of rotatable bonds is 4. The smallest absolute Gasteiger partial charge is 0.251 e. The number of sulfonamides is 1. The number of carbonyl (C=O) groups is 1. The van der Waals surface area contributed by atoms with Gasteiger partial charge in [0, 0.05) is 23.2 Å². The van der Waals surface area contributed by atoms with Gasteiger partial charge in [-0.3, -0.25) is 9.52 Å². The Balaban J connectivity index is 1.83. The van der Waals surface area contributed by atoms with Crippen molar-refractivity contribution in [2.24, 2.45) is 0 Å². The van der Waals surface area contributed by atoms with Crippen molar-refractivity contribution in [2.75, 3.05) is 11.0 Å². The minimum absolute atomic E-state index is 0.186. The van der Waals surface area contributed by atoms with Crippen LogP contribution in [0.5, 0.6) is 5.75 Å². The fraction of sp³-hybridized carbons (Fsp3) is 0.316. The monoisotopic (exact) mass is 374 g/mol. The molecule has 3 rings (SSSR count). The summed E-state index contributed by atoms with van der Waals surface area (Å²) in [5.74, 6) is 0.501. The fourth-order valence-corrected chi connectivity index (χ4v) is 3.67. The molecule has 138 valence electrons. The van der Waals surface area contributed by atoms with Crippen LogP contribution in [0.25, 0.3) is 0 Å². The molecule has 2 N–H and O–H groups in total. The summed E-state index contributed by atoms with van der Waals surface area (Å²) in [6.07, 6.45) is 1.71. The molecular formula is C19H22N2O4S. The predicted octanol–water partition coefficient (Wildman–Crippen LogP) is 3.09. The van der Waals surface area contributed by atoms with Crippen LogP contribution in [0, 0.1) is 0 Å². The highest BCUT2D eigenvalue weighted by Gasteiger charge is 2.34. The van der Waals surface area contributed by atoms with Crippen LogP contribution in [0.2, 0.25) is 0 Å². The molecule has 1 unspecified atom stereocenters. The van der Waals surface area contributed by atoms with Crippen molar-refractivity contribution in [1.29, 1.82) is 0 Å². The lowest BCUT2D eigenvalue weighted by molar-refractivity contribution is 0.0619. The Hall–Kier alpha value is -2.54. The first-order valence-electron chi connectivity index (χ1n) is 8.30. The Morgan fingerprint density at radius 1 is 1.15 bits per heavy atom. The van der Waals surface area contributed by atoms with Gasteiger partial charge in [-0.05, 0) is 38.1 Å². The van der Waals surface area contributed by atoms with E-state index in [4.69, 9.17) is 4.74 Å². The van der Waals surface area contributed by atoms with Crippen LogP contribution in [-0.2, 0) is 10.0 Å². The molecule has 26 heavy (non-hydrogen) atoms. The van der Waals surface area contributed by atoms with Gasteiger partial charge < -0.3 is 10.1 Å². The van der Waals surface area contributed by atoms with Gasteiger partial charge in [0.1, 0.15) is 11.4 Å². The van der Waals surface area contributed by atoms with E-state index in [0.717, 1.165) is 17.6 Å². The summed E-state index contributed by atoms with van der Waals surface area (Å²) >= 11 is 0. The zero-order chi connectivity index (χ0) is 18.9. The van der Waals surface area contributed by atoms with E-state index in [0.29, 0.717) is 17.7 Å². The van der Waals surface area contributed by atoms with Gasteiger partial charge in [0.25, 0.3) is 5.91 Å². The Morgan fingerprint density at radius 2 is 1.88 bits per heavy atom. The van der Waals surface area contributed by atoms with Crippen molar-refractivity contribution in [3.8, 4) is 5.75 Å². The third kappa shape index (κ3) is 4.35. The molecule has 1 heterocycles. The van der Waals surface area contributed by atoms with Crippen molar-refractivity contribution in [1.82, 2.24) is 5.32 Å². The molecule has 1 atom stereocenters. The standard InChI is InChI=1S/C19H22N2O4S/c1-19(2)12-16(15-9-4-5-10-17(15)25-19)20-18(22)13-7-6-8-14(11-13)21-26(3,23)24/h4-11,16,21H,12H2,1-3H3,(H,20,22). The van der Waals surface area contributed by atoms with E-state index >= 15 is 0 Å². The predicted molar refractivity (Wildman–Crippen MR) is 101 cm³/mol. The van der Waals surface area contributed by atoms with E-state index < -0.39 is 15.6 Å². The summed E-state index contributed by atoms with van der Waals surface area (Å²) in [6.45, 7) is 3.97. The summed E-state index contributed by atoms with van der Waals surface area (Å²) < 4.78 is 31.1. The third-order valence-electron chi connectivity index (χ3n) is 4.11. The fourth-order valence-electron chi connectivity index (χ4n) is 3.11. The first kappa shape index (κ1) is 18.3. The number of nitrogens with one attached hydrogen (secondary N) is 2. The molecule has 6 nitrogen and oxygen atoms in total. The molecule has 2 aromatic carbocycles. The molecule has 0 bridgehead atoms. The lowest BCUT2D eigenvalue weighted by atomic mass is 9.89. The van der Waals surface area contributed by atoms with Crippen molar-refractivity contribution >= 4 is 21.6 Å². The number of hydrogen-bond donors (Lipinski definition) is 2. The first-order valence-corrected chi connectivity index (χ1v) is 10.2. The normalized spacial score (nSPS) is 18.3. The van der Waals surface area contributed by atoms with E-state index in [-0.39, 0.29) is 11.9 Å². The Kier molecular flexibility index (Phi) is 4.66. The Bertz CT molecular complexity index is 938. The Labute approximate surface area is 153 Å². The number of benzene rings is 2. The molecule has 0 aromatic heterocycles. The summed E-state index contributed by atoms with van der Waals surface area (Å²) in [5.41, 5.74) is 1.28. The zero-order valence-electron chi connectivity index (χ0n) is 14.9. The molecule has 1 amide bonds. The van der Waals surface area contributed by atoms with Gasteiger partial charge in [0.15, 0.2) is 0 Å². The number of fused-ring (bicyclic) bond motifs is 1. The van der Waals surface area contributed by atoms with Gasteiger partial charge in [-0.1, -0.05) is 24.3 Å². The molecule has 1 aliphatic heterocycles. The molecule has 0 saturated carbocycles. The van der Waals surface area contributed by atoms with Crippen LogP contribution in [0.4, 0.5) is 5.69 Å². The molecule has 0 fully saturated rings.